The fraction of sp³-hybridized carbons (Fsp3) is 0.100. The van der Waals surface area contributed by atoms with Crippen molar-refractivity contribution in [2.24, 2.45) is 0 Å². The molecule has 0 saturated heterocycles. The topological polar surface area (TPSA) is 55.8 Å². The van der Waals surface area contributed by atoms with Crippen LogP contribution in [0.3, 0.4) is 0 Å². The van der Waals surface area contributed by atoms with E-state index < -0.39 is 7.82 Å². The lowest BCUT2D eigenvalue weighted by Crippen LogP contribution is -2.02. The summed E-state index contributed by atoms with van der Waals surface area (Å²) in [5.41, 5.74) is 3.48. The monoisotopic (exact) mass is 354 g/mol. The Morgan fingerprint density at radius 1 is 0.760 bits per heavy atom. The van der Waals surface area contributed by atoms with Crippen molar-refractivity contribution in [2.75, 3.05) is 0 Å². The predicted molar refractivity (Wildman–Crippen MR) is 98.9 cm³/mol. The lowest BCUT2D eigenvalue weighted by atomic mass is 10.0. The van der Waals surface area contributed by atoms with Gasteiger partial charge >= 0.3 is 7.82 Å². The van der Waals surface area contributed by atoms with Gasteiger partial charge < -0.3 is 9.05 Å². The molecule has 0 aliphatic heterocycles. The van der Waals surface area contributed by atoms with Gasteiger partial charge in [0.1, 0.15) is 11.5 Å². The Labute approximate surface area is 147 Å². The zero-order valence-electron chi connectivity index (χ0n) is 14.0. The number of benzene rings is 3. The van der Waals surface area contributed by atoms with Crippen molar-refractivity contribution >= 4 is 7.82 Å². The zero-order valence-corrected chi connectivity index (χ0v) is 14.9. The third kappa shape index (κ3) is 4.11. The molecule has 0 aromatic heterocycles. The molecule has 0 bridgehead atoms. The van der Waals surface area contributed by atoms with Crippen molar-refractivity contribution < 1.29 is 18.5 Å². The molecule has 3 rings (SSSR count). The first kappa shape index (κ1) is 17.3. The van der Waals surface area contributed by atoms with E-state index in [4.69, 9.17) is 9.05 Å². The predicted octanol–water partition coefficient (Wildman–Crippen LogP) is 5.53. The van der Waals surface area contributed by atoms with Crippen LogP contribution in [0, 0.1) is 13.8 Å². The normalized spacial score (nSPS) is 13.1. The number of hydrogen-bond donors (Lipinski definition) is 1. The number of phosphoric ester groups is 1. The molecule has 1 unspecified atom stereocenters. The van der Waals surface area contributed by atoms with Crippen molar-refractivity contribution in [2.45, 2.75) is 13.8 Å². The van der Waals surface area contributed by atoms with Crippen LogP contribution < -0.4 is 9.05 Å². The smallest absolute Gasteiger partial charge is 0.395 e. The van der Waals surface area contributed by atoms with Gasteiger partial charge in [-0.15, -0.1) is 0 Å². The summed E-state index contributed by atoms with van der Waals surface area (Å²) in [5, 5.41) is 0. The SMILES string of the molecule is Cc1ccccc1OP(=O)(O)Oc1cccc(-c2ccccc2)c1C. The van der Waals surface area contributed by atoms with Gasteiger partial charge in [0.25, 0.3) is 0 Å². The average Bonchev–Trinajstić information content (AvgIpc) is 2.59. The summed E-state index contributed by atoms with van der Waals surface area (Å²) in [4.78, 5) is 10.1. The molecule has 0 amide bonds. The van der Waals surface area contributed by atoms with E-state index in [1.807, 2.05) is 49.4 Å². The molecule has 0 fully saturated rings. The standard InChI is InChI=1S/C20H19O4P/c1-15-9-6-7-13-19(15)23-25(21,22)24-20-14-8-12-18(16(20)2)17-10-4-3-5-11-17/h3-14H,1-2H3,(H,21,22). The fourth-order valence-corrected chi connectivity index (χ4v) is 3.51. The maximum absolute atomic E-state index is 12.4. The summed E-state index contributed by atoms with van der Waals surface area (Å²) in [7, 11) is -4.30. The molecular weight excluding hydrogens is 335 g/mol. The summed E-state index contributed by atoms with van der Waals surface area (Å²) < 4.78 is 23.0. The molecule has 5 heteroatoms. The van der Waals surface area contributed by atoms with Crippen molar-refractivity contribution in [1.29, 1.82) is 0 Å². The summed E-state index contributed by atoms with van der Waals surface area (Å²) in [6.45, 7) is 3.65. The maximum atomic E-state index is 12.4. The van der Waals surface area contributed by atoms with Crippen molar-refractivity contribution in [3.63, 3.8) is 0 Å². The molecule has 3 aromatic rings. The first-order chi connectivity index (χ1) is 12.0. The molecule has 0 aliphatic rings. The molecule has 0 aliphatic carbocycles. The van der Waals surface area contributed by atoms with Crippen LogP contribution in [0.4, 0.5) is 0 Å². The molecule has 1 N–H and O–H groups in total. The highest BCUT2D eigenvalue weighted by Crippen LogP contribution is 2.46. The maximum Gasteiger partial charge on any atom is 0.584 e. The van der Waals surface area contributed by atoms with Gasteiger partial charge in [-0.25, -0.2) is 4.57 Å². The quantitative estimate of drug-likeness (QED) is 0.612. The third-order valence-electron chi connectivity index (χ3n) is 3.89. The minimum atomic E-state index is -4.30. The Morgan fingerprint density at radius 3 is 2.08 bits per heavy atom. The van der Waals surface area contributed by atoms with Gasteiger partial charge in [-0.05, 0) is 48.2 Å². The molecule has 0 heterocycles. The van der Waals surface area contributed by atoms with Gasteiger partial charge in [0.05, 0.1) is 0 Å². The van der Waals surface area contributed by atoms with Crippen LogP contribution >= 0.6 is 7.82 Å². The van der Waals surface area contributed by atoms with Crippen LogP contribution in [-0.4, -0.2) is 4.89 Å². The van der Waals surface area contributed by atoms with Gasteiger partial charge in [0.2, 0.25) is 0 Å². The van der Waals surface area contributed by atoms with E-state index in [1.54, 1.807) is 37.3 Å². The van der Waals surface area contributed by atoms with Crippen molar-refractivity contribution in [3.8, 4) is 22.6 Å². The minimum absolute atomic E-state index is 0.320. The second-order valence-electron chi connectivity index (χ2n) is 5.71. The largest absolute Gasteiger partial charge is 0.584 e. The van der Waals surface area contributed by atoms with Crippen LogP contribution in [0.15, 0.2) is 72.8 Å². The average molecular weight is 354 g/mol. The Bertz CT molecular complexity index is 922. The second-order valence-corrected chi connectivity index (χ2v) is 7.01. The van der Waals surface area contributed by atoms with Crippen LogP contribution in [0.5, 0.6) is 11.5 Å². The molecule has 3 aromatic carbocycles. The van der Waals surface area contributed by atoms with E-state index in [0.717, 1.165) is 22.3 Å². The van der Waals surface area contributed by atoms with Crippen LogP contribution in [0.1, 0.15) is 11.1 Å². The molecule has 128 valence electrons. The Kier molecular flexibility index (Phi) is 4.93. The first-order valence-corrected chi connectivity index (χ1v) is 9.38. The van der Waals surface area contributed by atoms with E-state index in [-0.39, 0.29) is 0 Å². The van der Waals surface area contributed by atoms with Crippen LogP contribution in [0.2, 0.25) is 0 Å². The van der Waals surface area contributed by atoms with Gasteiger partial charge in [-0.3, -0.25) is 4.89 Å². The Hall–Kier alpha value is -2.55. The van der Waals surface area contributed by atoms with Crippen LogP contribution in [0.25, 0.3) is 11.1 Å². The Morgan fingerprint density at radius 2 is 1.36 bits per heavy atom. The zero-order chi connectivity index (χ0) is 17.9. The molecule has 0 spiro atoms. The number of rotatable bonds is 5. The third-order valence-corrected chi connectivity index (χ3v) is 4.74. The van der Waals surface area contributed by atoms with Crippen LogP contribution in [-0.2, 0) is 4.57 Å². The number of aryl methyl sites for hydroxylation is 1. The molecule has 4 nitrogen and oxygen atoms in total. The summed E-state index contributed by atoms with van der Waals surface area (Å²) in [6.07, 6.45) is 0. The van der Waals surface area contributed by atoms with E-state index in [9.17, 15) is 9.46 Å². The summed E-state index contributed by atoms with van der Waals surface area (Å²) in [5.74, 6) is 0.644. The summed E-state index contributed by atoms with van der Waals surface area (Å²) >= 11 is 0. The molecule has 1 atom stereocenters. The minimum Gasteiger partial charge on any atom is -0.395 e. The van der Waals surface area contributed by atoms with Gasteiger partial charge in [0.15, 0.2) is 0 Å². The number of phosphoric acid groups is 1. The molecule has 0 radical (unpaired) electrons. The molecule has 25 heavy (non-hydrogen) atoms. The highest BCUT2D eigenvalue weighted by Gasteiger charge is 2.27. The lowest BCUT2D eigenvalue weighted by molar-refractivity contribution is 0.289. The first-order valence-electron chi connectivity index (χ1n) is 7.89. The number of hydrogen-bond acceptors (Lipinski definition) is 3. The number of para-hydroxylation sites is 1. The van der Waals surface area contributed by atoms with E-state index in [2.05, 4.69) is 0 Å². The highest BCUT2D eigenvalue weighted by atomic mass is 31.2. The van der Waals surface area contributed by atoms with Gasteiger partial charge in [-0.2, -0.15) is 0 Å². The van der Waals surface area contributed by atoms with Gasteiger partial charge in [0, 0.05) is 0 Å². The molecule has 0 saturated carbocycles. The highest BCUT2D eigenvalue weighted by molar-refractivity contribution is 7.48. The lowest BCUT2D eigenvalue weighted by Gasteiger charge is -2.17. The van der Waals surface area contributed by atoms with Crippen molar-refractivity contribution in [3.05, 3.63) is 83.9 Å². The fourth-order valence-electron chi connectivity index (χ4n) is 2.57. The van der Waals surface area contributed by atoms with Gasteiger partial charge in [-0.1, -0.05) is 60.7 Å². The second kappa shape index (κ2) is 7.14. The van der Waals surface area contributed by atoms with Crippen molar-refractivity contribution in [1.82, 2.24) is 0 Å². The Balaban J connectivity index is 1.88. The van der Waals surface area contributed by atoms with E-state index >= 15 is 0 Å². The summed E-state index contributed by atoms with van der Waals surface area (Å²) in [6, 6.07) is 22.2. The van der Waals surface area contributed by atoms with E-state index in [1.165, 1.54) is 0 Å². The van der Waals surface area contributed by atoms with E-state index in [0.29, 0.717) is 11.5 Å². The molecular formula is C20H19O4P.